The Morgan fingerprint density at radius 1 is 1.25 bits per heavy atom. The molecule has 0 spiro atoms. The number of hydrogen-bond acceptors (Lipinski definition) is 4. The first-order chi connectivity index (χ1) is 11.6. The van der Waals surface area contributed by atoms with Crippen LogP contribution in [0.3, 0.4) is 0 Å². The van der Waals surface area contributed by atoms with Gasteiger partial charge < -0.3 is 9.64 Å². The molecule has 1 aromatic rings. The molecule has 2 aliphatic heterocycles. The third-order valence-electron chi connectivity index (χ3n) is 4.58. The average Bonchev–Trinajstić information content (AvgIpc) is 2.88. The van der Waals surface area contributed by atoms with E-state index in [2.05, 4.69) is 0 Å². The fourth-order valence-corrected chi connectivity index (χ4v) is 3.22. The monoisotopic (exact) mass is 330 g/mol. The van der Waals surface area contributed by atoms with Crippen molar-refractivity contribution in [3.63, 3.8) is 0 Å². The second-order valence-corrected chi connectivity index (χ2v) is 6.32. The predicted octanol–water partition coefficient (Wildman–Crippen LogP) is 2.02. The molecule has 0 aliphatic carbocycles. The fraction of sp³-hybridized carbons (Fsp3) is 0.500. The van der Waals surface area contributed by atoms with Gasteiger partial charge in [0.05, 0.1) is 5.69 Å². The van der Waals surface area contributed by atoms with Crippen LogP contribution >= 0.6 is 0 Å². The maximum atomic E-state index is 12.7. The van der Waals surface area contributed by atoms with Gasteiger partial charge in [-0.2, -0.15) is 0 Å². The molecule has 2 aliphatic rings. The van der Waals surface area contributed by atoms with Gasteiger partial charge in [0.25, 0.3) is 5.91 Å². The predicted molar refractivity (Wildman–Crippen MR) is 89.3 cm³/mol. The van der Waals surface area contributed by atoms with Crippen molar-refractivity contribution >= 4 is 23.8 Å². The molecule has 2 heterocycles. The van der Waals surface area contributed by atoms with Gasteiger partial charge in [0.1, 0.15) is 18.6 Å². The van der Waals surface area contributed by atoms with Crippen LogP contribution in [-0.4, -0.2) is 48.7 Å². The van der Waals surface area contributed by atoms with E-state index in [1.165, 1.54) is 4.90 Å². The summed E-state index contributed by atoms with van der Waals surface area (Å²) in [4.78, 5) is 39.5. The first-order valence-corrected chi connectivity index (χ1v) is 8.45. The molecule has 128 valence electrons. The molecule has 1 atom stereocenters. The highest BCUT2D eigenvalue weighted by molar-refractivity contribution is 6.04. The van der Waals surface area contributed by atoms with Crippen molar-refractivity contribution in [2.24, 2.45) is 0 Å². The minimum absolute atomic E-state index is 0.0121. The Bertz CT molecular complexity index is 650. The first kappa shape index (κ1) is 16.5. The lowest BCUT2D eigenvalue weighted by atomic mass is 10.1. The topological polar surface area (TPSA) is 66.9 Å². The number of nitrogens with zero attached hydrogens (tertiary/aromatic N) is 2. The molecule has 6 heteroatoms. The van der Waals surface area contributed by atoms with Gasteiger partial charge in [0, 0.05) is 18.7 Å². The summed E-state index contributed by atoms with van der Waals surface area (Å²) >= 11 is 0. The molecule has 1 fully saturated rings. The number of carbonyl (C=O) groups excluding carboxylic acids is 3. The Hall–Kier alpha value is -2.37. The van der Waals surface area contributed by atoms with Crippen molar-refractivity contribution < 1.29 is 19.1 Å². The molecule has 24 heavy (non-hydrogen) atoms. The van der Waals surface area contributed by atoms with Crippen LogP contribution in [0.5, 0.6) is 5.75 Å². The number of likely N-dealkylation sites (tertiary alicyclic amines) is 1. The lowest BCUT2D eigenvalue weighted by Crippen LogP contribution is -2.49. The number of ether oxygens (including phenoxy) is 1. The summed E-state index contributed by atoms with van der Waals surface area (Å²) in [5, 5.41) is 0. The van der Waals surface area contributed by atoms with Crippen LogP contribution in [0.2, 0.25) is 0 Å². The molecule has 2 amide bonds. The number of carbonyl (C=O) groups is 3. The van der Waals surface area contributed by atoms with Gasteiger partial charge in [-0.1, -0.05) is 12.8 Å². The minimum atomic E-state index is -0.642. The van der Waals surface area contributed by atoms with E-state index in [0.717, 1.165) is 45.1 Å². The van der Waals surface area contributed by atoms with E-state index >= 15 is 0 Å². The number of fused-ring (bicyclic) bond motifs is 1. The number of amides is 2. The summed E-state index contributed by atoms with van der Waals surface area (Å²) in [6, 6.07) is 4.91. The van der Waals surface area contributed by atoms with E-state index in [-0.39, 0.29) is 18.4 Å². The highest BCUT2D eigenvalue weighted by Gasteiger charge is 2.33. The van der Waals surface area contributed by atoms with Crippen molar-refractivity contribution in [3.8, 4) is 5.75 Å². The summed E-state index contributed by atoms with van der Waals surface area (Å²) in [6.45, 7) is 3.15. The molecule has 3 rings (SSSR count). The number of rotatable bonds is 3. The van der Waals surface area contributed by atoms with Crippen LogP contribution < -0.4 is 9.64 Å². The maximum absolute atomic E-state index is 12.7. The Morgan fingerprint density at radius 3 is 2.62 bits per heavy atom. The molecular weight excluding hydrogens is 308 g/mol. The van der Waals surface area contributed by atoms with Crippen LogP contribution in [0, 0.1) is 0 Å². The van der Waals surface area contributed by atoms with Crippen LogP contribution in [-0.2, 0) is 9.59 Å². The molecule has 0 N–H and O–H groups in total. The van der Waals surface area contributed by atoms with E-state index < -0.39 is 6.10 Å². The second kappa shape index (κ2) is 7.03. The SMILES string of the molecule is CC1Oc2ccc(C=O)cc2N(CC(=O)N2CCCCCC2)C1=O. The third kappa shape index (κ3) is 3.27. The van der Waals surface area contributed by atoms with E-state index in [1.54, 1.807) is 25.1 Å². The molecule has 0 aromatic heterocycles. The summed E-state index contributed by atoms with van der Waals surface area (Å²) in [7, 11) is 0. The summed E-state index contributed by atoms with van der Waals surface area (Å²) in [5.41, 5.74) is 0.942. The third-order valence-corrected chi connectivity index (χ3v) is 4.58. The average molecular weight is 330 g/mol. The van der Waals surface area contributed by atoms with Gasteiger partial charge >= 0.3 is 0 Å². The van der Waals surface area contributed by atoms with E-state index in [1.807, 2.05) is 4.90 Å². The van der Waals surface area contributed by atoms with Gasteiger partial charge in [-0.25, -0.2) is 0 Å². The molecule has 1 unspecified atom stereocenters. The van der Waals surface area contributed by atoms with Crippen LogP contribution in [0.4, 0.5) is 5.69 Å². The van der Waals surface area contributed by atoms with E-state index in [4.69, 9.17) is 4.74 Å². The molecule has 0 radical (unpaired) electrons. The molecule has 0 bridgehead atoms. The quantitative estimate of drug-likeness (QED) is 0.795. The largest absolute Gasteiger partial charge is 0.479 e. The van der Waals surface area contributed by atoms with Crippen LogP contribution in [0.25, 0.3) is 0 Å². The number of aldehydes is 1. The fourth-order valence-electron chi connectivity index (χ4n) is 3.22. The Balaban J connectivity index is 1.84. The van der Waals surface area contributed by atoms with Gasteiger partial charge in [0.15, 0.2) is 6.10 Å². The Morgan fingerprint density at radius 2 is 1.96 bits per heavy atom. The zero-order valence-corrected chi connectivity index (χ0v) is 13.9. The van der Waals surface area contributed by atoms with Crippen molar-refractivity contribution in [2.45, 2.75) is 38.7 Å². The van der Waals surface area contributed by atoms with Crippen LogP contribution in [0.1, 0.15) is 43.0 Å². The molecular formula is C18H22N2O4. The van der Waals surface area contributed by atoms with Gasteiger partial charge in [-0.05, 0) is 38.0 Å². The summed E-state index contributed by atoms with van der Waals surface area (Å²) in [5.74, 6) is 0.215. The summed E-state index contributed by atoms with van der Waals surface area (Å²) in [6.07, 6.45) is 4.37. The highest BCUT2D eigenvalue weighted by Crippen LogP contribution is 2.34. The van der Waals surface area contributed by atoms with E-state index in [9.17, 15) is 14.4 Å². The lowest BCUT2D eigenvalue weighted by Gasteiger charge is -2.34. The Kier molecular flexibility index (Phi) is 4.83. The zero-order valence-electron chi connectivity index (χ0n) is 13.9. The maximum Gasteiger partial charge on any atom is 0.268 e. The second-order valence-electron chi connectivity index (χ2n) is 6.32. The smallest absolute Gasteiger partial charge is 0.268 e. The van der Waals surface area contributed by atoms with Gasteiger partial charge in [0.2, 0.25) is 5.91 Å². The number of hydrogen-bond donors (Lipinski definition) is 0. The van der Waals surface area contributed by atoms with Gasteiger partial charge in [-0.3, -0.25) is 19.3 Å². The molecule has 1 saturated heterocycles. The van der Waals surface area contributed by atoms with E-state index in [0.29, 0.717) is 17.0 Å². The number of anilines is 1. The van der Waals surface area contributed by atoms with Crippen LogP contribution in [0.15, 0.2) is 18.2 Å². The number of benzene rings is 1. The zero-order chi connectivity index (χ0) is 17.1. The van der Waals surface area contributed by atoms with Crippen molar-refractivity contribution in [3.05, 3.63) is 23.8 Å². The molecule has 6 nitrogen and oxygen atoms in total. The first-order valence-electron chi connectivity index (χ1n) is 8.45. The lowest BCUT2D eigenvalue weighted by molar-refractivity contribution is -0.133. The minimum Gasteiger partial charge on any atom is -0.479 e. The van der Waals surface area contributed by atoms with Crippen molar-refractivity contribution in [1.82, 2.24) is 4.90 Å². The molecule has 1 aromatic carbocycles. The standard InChI is InChI=1S/C18H22N2O4/c1-13-18(23)20(11-17(22)19-8-4-2-3-5-9-19)15-10-14(12-21)6-7-16(15)24-13/h6-7,10,12-13H,2-5,8-9,11H2,1H3. The van der Waals surface area contributed by atoms with Crippen molar-refractivity contribution in [1.29, 1.82) is 0 Å². The van der Waals surface area contributed by atoms with Crippen molar-refractivity contribution in [2.75, 3.05) is 24.5 Å². The molecule has 0 saturated carbocycles. The van der Waals surface area contributed by atoms with Gasteiger partial charge in [-0.15, -0.1) is 0 Å². The Labute approximate surface area is 141 Å². The summed E-state index contributed by atoms with van der Waals surface area (Å²) < 4.78 is 5.59. The normalized spacial score (nSPS) is 20.9. The highest BCUT2D eigenvalue weighted by atomic mass is 16.5.